The van der Waals surface area contributed by atoms with E-state index in [-0.39, 0.29) is 13.1 Å². The van der Waals surface area contributed by atoms with Gasteiger partial charge < -0.3 is 9.68 Å². The van der Waals surface area contributed by atoms with Crippen molar-refractivity contribution in [2.45, 2.75) is 11.8 Å². The fourth-order valence-electron chi connectivity index (χ4n) is 7.07. The summed E-state index contributed by atoms with van der Waals surface area (Å²) in [6.45, 7) is 0. The first-order chi connectivity index (χ1) is 17.3. The SMILES string of the molecule is OBOc1cccc2c1Cc1c-2ccc2c1-c1ccccc1C21c2ccccc2-c2ccccc21. The number of hydrogen-bond donors (Lipinski definition) is 1. The van der Waals surface area contributed by atoms with Gasteiger partial charge in [0.25, 0.3) is 0 Å². The zero-order valence-electron chi connectivity index (χ0n) is 19.1. The predicted octanol–water partition coefficient (Wildman–Crippen LogP) is 6.24. The molecule has 0 fully saturated rings. The maximum atomic E-state index is 9.46. The van der Waals surface area contributed by atoms with Crippen LogP contribution in [0.2, 0.25) is 0 Å². The van der Waals surface area contributed by atoms with E-state index in [0.717, 1.165) is 17.7 Å². The molecule has 1 spiro atoms. The minimum absolute atomic E-state index is 0.312. The van der Waals surface area contributed by atoms with Crippen molar-refractivity contribution in [2.75, 3.05) is 0 Å². The molecule has 0 radical (unpaired) electrons. The summed E-state index contributed by atoms with van der Waals surface area (Å²) in [5.41, 5.74) is 15.5. The summed E-state index contributed by atoms with van der Waals surface area (Å²) in [6, 6.07) is 37.6. The molecule has 1 N–H and O–H groups in total. The summed E-state index contributed by atoms with van der Waals surface area (Å²) >= 11 is 0. The van der Waals surface area contributed by atoms with E-state index < -0.39 is 0 Å². The first-order valence-corrected chi connectivity index (χ1v) is 12.2. The lowest BCUT2D eigenvalue weighted by Crippen LogP contribution is -2.25. The lowest BCUT2D eigenvalue weighted by atomic mass is 9.70. The smallest absolute Gasteiger partial charge is 0.504 e. The van der Waals surface area contributed by atoms with Crippen LogP contribution < -0.4 is 4.65 Å². The molecule has 2 nitrogen and oxygen atoms in total. The number of hydrogen-bond acceptors (Lipinski definition) is 2. The molecule has 3 aliphatic carbocycles. The maximum Gasteiger partial charge on any atom is 0.504 e. The molecule has 0 bridgehead atoms. The highest BCUT2D eigenvalue weighted by Gasteiger charge is 2.52. The van der Waals surface area contributed by atoms with Crippen LogP contribution in [0.25, 0.3) is 33.4 Å². The summed E-state index contributed by atoms with van der Waals surface area (Å²) in [7, 11) is -0.315. The van der Waals surface area contributed by atoms with Crippen molar-refractivity contribution < 1.29 is 9.68 Å². The van der Waals surface area contributed by atoms with Crippen molar-refractivity contribution in [2.24, 2.45) is 0 Å². The van der Waals surface area contributed by atoms with Crippen molar-refractivity contribution in [1.82, 2.24) is 0 Å². The summed E-state index contributed by atoms with van der Waals surface area (Å²) in [5, 5.41) is 9.46. The van der Waals surface area contributed by atoms with Crippen molar-refractivity contribution in [3.8, 4) is 39.1 Å². The standard InChI is InChI=1S/C32H21BO2/c34-33-35-30-15-7-11-19-20-16-17-29-31(25(20)18-24(19)30)23-10-3-6-14-28(23)32(29)26-12-4-1-8-21(26)22-9-2-5-13-27(22)32/h1-17,33-34H,18H2. The van der Waals surface area contributed by atoms with Gasteiger partial charge in [-0.15, -0.1) is 0 Å². The zero-order chi connectivity index (χ0) is 23.1. The second-order valence-corrected chi connectivity index (χ2v) is 9.63. The highest BCUT2D eigenvalue weighted by Crippen LogP contribution is 2.64. The second-order valence-electron chi connectivity index (χ2n) is 9.63. The van der Waals surface area contributed by atoms with Gasteiger partial charge in [-0.2, -0.15) is 0 Å². The van der Waals surface area contributed by atoms with Crippen LogP contribution in [0.15, 0.2) is 103 Å². The number of rotatable bonds is 2. The molecule has 0 atom stereocenters. The van der Waals surface area contributed by atoms with Gasteiger partial charge in [0.15, 0.2) is 0 Å². The third-order valence-electron chi connectivity index (χ3n) is 8.27. The van der Waals surface area contributed by atoms with Crippen LogP contribution >= 0.6 is 0 Å². The Bertz CT molecular complexity index is 1660. The van der Waals surface area contributed by atoms with Gasteiger partial charge in [-0.25, -0.2) is 0 Å². The molecule has 0 unspecified atom stereocenters. The van der Waals surface area contributed by atoms with Crippen LogP contribution in [0, 0.1) is 0 Å². The van der Waals surface area contributed by atoms with Gasteiger partial charge in [0, 0.05) is 12.0 Å². The zero-order valence-corrected chi connectivity index (χ0v) is 19.1. The Morgan fingerprint density at radius 2 is 1.11 bits per heavy atom. The summed E-state index contributed by atoms with van der Waals surface area (Å²) in [4.78, 5) is 0. The van der Waals surface area contributed by atoms with E-state index in [9.17, 15) is 5.02 Å². The van der Waals surface area contributed by atoms with Crippen molar-refractivity contribution in [3.63, 3.8) is 0 Å². The summed E-state index contributed by atoms with van der Waals surface area (Å²) in [6.07, 6.45) is 0.803. The van der Waals surface area contributed by atoms with Crippen LogP contribution in [-0.4, -0.2) is 12.7 Å². The second kappa shape index (κ2) is 6.75. The van der Waals surface area contributed by atoms with E-state index >= 15 is 0 Å². The van der Waals surface area contributed by atoms with Crippen molar-refractivity contribution >= 4 is 7.69 Å². The van der Waals surface area contributed by atoms with Crippen molar-refractivity contribution in [3.05, 3.63) is 137 Å². The average Bonchev–Trinajstić information content (AvgIpc) is 3.53. The highest BCUT2D eigenvalue weighted by atomic mass is 16.5. The van der Waals surface area contributed by atoms with E-state index in [0.29, 0.717) is 0 Å². The van der Waals surface area contributed by atoms with E-state index in [2.05, 4.69) is 91.0 Å². The minimum atomic E-state index is -0.315. The number of benzene rings is 5. The Hall–Kier alpha value is -4.08. The third kappa shape index (κ3) is 2.20. The molecule has 35 heavy (non-hydrogen) atoms. The lowest BCUT2D eigenvalue weighted by Gasteiger charge is -2.30. The fourth-order valence-corrected chi connectivity index (χ4v) is 7.07. The Balaban J connectivity index is 1.49. The summed E-state index contributed by atoms with van der Waals surface area (Å²) in [5.74, 6) is 0.771. The normalized spacial score (nSPS) is 14.5. The Morgan fingerprint density at radius 3 is 1.80 bits per heavy atom. The van der Waals surface area contributed by atoms with Crippen LogP contribution in [-0.2, 0) is 11.8 Å². The van der Waals surface area contributed by atoms with Gasteiger partial charge in [0.05, 0.1) is 5.41 Å². The minimum Gasteiger partial charge on any atom is -0.539 e. The molecule has 0 amide bonds. The predicted molar refractivity (Wildman–Crippen MR) is 141 cm³/mol. The molecule has 0 saturated heterocycles. The fraction of sp³-hybridized carbons (Fsp3) is 0.0625. The molecule has 0 aliphatic heterocycles. The first kappa shape index (κ1) is 19.3. The molecule has 0 heterocycles. The van der Waals surface area contributed by atoms with E-state index in [1.54, 1.807) is 0 Å². The Labute approximate surface area is 204 Å². The largest absolute Gasteiger partial charge is 0.539 e. The summed E-state index contributed by atoms with van der Waals surface area (Å²) < 4.78 is 5.61. The van der Waals surface area contributed by atoms with Crippen LogP contribution in [0.3, 0.4) is 0 Å². The maximum absolute atomic E-state index is 9.46. The van der Waals surface area contributed by atoms with Crippen LogP contribution in [0.1, 0.15) is 33.4 Å². The van der Waals surface area contributed by atoms with Crippen molar-refractivity contribution in [1.29, 1.82) is 0 Å². The van der Waals surface area contributed by atoms with E-state index in [4.69, 9.17) is 4.65 Å². The molecular formula is C32H21BO2. The Morgan fingerprint density at radius 1 is 0.543 bits per heavy atom. The molecular weight excluding hydrogens is 427 g/mol. The molecule has 3 aliphatic rings. The molecule has 0 aromatic heterocycles. The topological polar surface area (TPSA) is 29.5 Å². The molecule has 164 valence electrons. The monoisotopic (exact) mass is 448 g/mol. The molecule has 5 aromatic carbocycles. The molecule has 0 saturated carbocycles. The quantitative estimate of drug-likeness (QED) is 0.317. The van der Waals surface area contributed by atoms with Gasteiger partial charge in [0.1, 0.15) is 5.75 Å². The molecule has 3 heteroatoms. The van der Waals surface area contributed by atoms with Gasteiger partial charge >= 0.3 is 7.69 Å². The molecule has 5 aromatic rings. The van der Waals surface area contributed by atoms with E-state index in [1.165, 1.54) is 61.2 Å². The lowest BCUT2D eigenvalue weighted by molar-refractivity contribution is 0.451. The van der Waals surface area contributed by atoms with Gasteiger partial charge in [-0.3, -0.25) is 0 Å². The highest BCUT2D eigenvalue weighted by molar-refractivity contribution is 6.17. The van der Waals surface area contributed by atoms with Gasteiger partial charge in [-0.05, 0) is 67.3 Å². The van der Waals surface area contributed by atoms with Crippen LogP contribution in [0.5, 0.6) is 5.75 Å². The van der Waals surface area contributed by atoms with Gasteiger partial charge in [-0.1, -0.05) is 97.1 Å². The number of fused-ring (bicyclic) bond motifs is 14. The molecule has 8 rings (SSSR count). The first-order valence-electron chi connectivity index (χ1n) is 12.2. The average molecular weight is 448 g/mol. The Kier molecular flexibility index (Phi) is 3.71. The third-order valence-corrected chi connectivity index (χ3v) is 8.27. The van der Waals surface area contributed by atoms with E-state index in [1.807, 2.05) is 12.1 Å². The van der Waals surface area contributed by atoms with Crippen LogP contribution in [0.4, 0.5) is 0 Å². The van der Waals surface area contributed by atoms with Gasteiger partial charge in [0.2, 0.25) is 0 Å².